The van der Waals surface area contributed by atoms with Crippen LogP contribution in [0.5, 0.6) is 0 Å². The Kier molecular flexibility index (Phi) is 3.76. The highest BCUT2D eigenvalue weighted by molar-refractivity contribution is 5.58. The zero-order valence-corrected chi connectivity index (χ0v) is 5.26. The molecule has 0 saturated carbocycles. The third kappa shape index (κ3) is 3.28. The van der Waals surface area contributed by atoms with Gasteiger partial charge in [0.1, 0.15) is 5.82 Å². The van der Waals surface area contributed by atoms with E-state index in [9.17, 15) is 0 Å². The Balaban J connectivity index is 3.66. The van der Waals surface area contributed by atoms with Gasteiger partial charge < -0.3 is 0 Å². The summed E-state index contributed by atoms with van der Waals surface area (Å²) in [5.41, 5.74) is 0. The number of aliphatic imine (C=N–C) groups is 2. The van der Waals surface area contributed by atoms with Gasteiger partial charge in [-0.15, -0.1) is 0 Å². The lowest BCUT2D eigenvalue weighted by Gasteiger charge is -1.82. The Bertz CT molecular complexity index is 108. The molecule has 2 nitrogen and oxygen atoms in total. The number of hydrogen-bond acceptors (Lipinski definition) is 2. The summed E-state index contributed by atoms with van der Waals surface area (Å²) < 4.78 is 0. The fraction of sp³-hybridized carbons (Fsp3) is 0.333. The van der Waals surface area contributed by atoms with Crippen LogP contribution in [0.3, 0.4) is 0 Å². The van der Waals surface area contributed by atoms with Gasteiger partial charge in [0.05, 0.1) is 0 Å². The summed E-state index contributed by atoms with van der Waals surface area (Å²) in [6.45, 7) is 7.20. The molecule has 0 rings (SSSR count). The quantitative estimate of drug-likeness (QED) is 0.483. The summed E-state index contributed by atoms with van der Waals surface area (Å²) in [5, 5.41) is 0. The van der Waals surface area contributed by atoms with Crippen LogP contribution in [-0.2, 0) is 0 Å². The molecule has 0 saturated heterocycles. The SMILES string of the molecule is C=C(/N=C\C)/N=C\C. The topological polar surface area (TPSA) is 24.7 Å². The van der Waals surface area contributed by atoms with E-state index in [0.29, 0.717) is 5.82 Å². The maximum absolute atomic E-state index is 3.80. The highest BCUT2D eigenvalue weighted by Crippen LogP contribution is 1.89. The second-order valence-electron chi connectivity index (χ2n) is 1.19. The Hall–Kier alpha value is -0.920. The van der Waals surface area contributed by atoms with Crippen LogP contribution < -0.4 is 0 Å². The second-order valence-corrected chi connectivity index (χ2v) is 1.19. The van der Waals surface area contributed by atoms with Gasteiger partial charge in [-0.2, -0.15) is 0 Å². The monoisotopic (exact) mass is 110 g/mol. The van der Waals surface area contributed by atoms with Crippen LogP contribution in [0.15, 0.2) is 22.4 Å². The first-order chi connectivity index (χ1) is 3.81. The molecule has 0 heterocycles. The Morgan fingerprint density at radius 1 is 1.25 bits per heavy atom. The maximum atomic E-state index is 3.80. The normalized spacial score (nSPS) is 11.2. The summed E-state index contributed by atoms with van der Waals surface area (Å²) in [7, 11) is 0. The molecule has 0 bridgehead atoms. The first-order valence-electron chi connectivity index (χ1n) is 2.47. The van der Waals surface area contributed by atoms with Crippen molar-refractivity contribution in [2.75, 3.05) is 0 Å². The van der Waals surface area contributed by atoms with E-state index in [1.54, 1.807) is 12.4 Å². The highest BCUT2D eigenvalue weighted by atomic mass is 14.9. The molecule has 0 radical (unpaired) electrons. The van der Waals surface area contributed by atoms with Gasteiger partial charge in [-0.05, 0) is 13.8 Å². The minimum absolute atomic E-state index is 0.551. The molecule has 0 aliphatic carbocycles. The molecule has 0 spiro atoms. The summed E-state index contributed by atoms with van der Waals surface area (Å²) in [6, 6.07) is 0. The molecule has 0 aliphatic rings. The van der Waals surface area contributed by atoms with Crippen LogP contribution in [0, 0.1) is 0 Å². The van der Waals surface area contributed by atoms with Crippen LogP contribution in [0.1, 0.15) is 13.8 Å². The van der Waals surface area contributed by atoms with Gasteiger partial charge in [-0.3, -0.25) is 0 Å². The van der Waals surface area contributed by atoms with Crippen molar-refractivity contribution in [2.24, 2.45) is 9.98 Å². The second kappa shape index (κ2) is 4.24. The van der Waals surface area contributed by atoms with Crippen LogP contribution >= 0.6 is 0 Å². The number of nitrogens with zero attached hydrogens (tertiary/aromatic N) is 2. The maximum Gasteiger partial charge on any atom is 0.143 e. The van der Waals surface area contributed by atoms with Crippen molar-refractivity contribution in [3.8, 4) is 0 Å². The van der Waals surface area contributed by atoms with Crippen molar-refractivity contribution in [1.29, 1.82) is 0 Å². The fourth-order valence-corrected chi connectivity index (χ4v) is 0.331. The number of hydrogen-bond donors (Lipinski definition) is 0. The van der Waals surface area contributed by atoms with Gasteiger partial charge in [0.25, 0.3) is 0 Å². The van der Waals surface area contributed by atoms with E-state index in [-0.39, 0.29) is 0 Å². The van der Waals surface area contributed by atoms with Gasteiger partial charge in [-0.1, -0.05) is 6.58 Å². The van der Waals surface area contributed by atoms with Gasteiger partial charge in [0.15, 0.2) is 0 Å². The highest BCUT2D eigenvalue weighted by Gasteiger charge is 1.73. The zero-order chi connectivity index (χ0) is 6.41. The van der Waals surface area contributed by atoms with Crippen molar-refractivity contribution >= 4 is 12.4 Å². The van der Waals surface area contributed by atoms with Crippen molar-refractivity contribution in [1.82, 2.24) is 0 Å². The lowest BCUT2D eigenvalue weighted by atomic mass is 10.7. The van der Waals surface area contributed by atoms with Crippen LogP contribution in [-0.4, -0.2) is 12.4 Å². The summed E-state index contributed by atoms with van der Waals surface area (Å²) in [6.07, 6.45) is 3.32. The predicted molar refractivity (Wildman–Crippen MR) is 37.5 cm³/mol. The van der Waals surface area contributed by atoms with Gasteiger partial charge in [0.2, 0.25) is 0 Å². The van der Waals surface area contributed by atoms with E-state index >= 15 is 0 Å². The largest absolute Gasteiger partial charge is 0.243 e. The van der Waals surface area contributed by atoms with E-state index in [4.69, 9.17) is 0 Å². The molecular weight excluding hydrogens is 100 g/mol. The average molecular weight is 110 g/mol. The summed E-state index contributed by atoms with van der Waals surface area (Å²) in [5.74, 6) is 0.551. The third-order valence-corrected chi connectivity index (χ3v) is 0.556. The summed E-state index contributed by atoms with van der Waals surface area (Å²) in [4.78, 5) is 7.59. The zero-order valence-electron chi connectivity index (χ0n) is 5.26. The molecule has 8 heavy (non-hydrogen) atoms. The van der Waals surface area contributed by atoms with E-state index in [1.165, 1.54) is 0 Å². The molecule has 0 amide bonds. The van der Waals surface area contributed by atoms with Gasteiger partial charge >= 0.3 is 0 Å². The molecule has 0 N–H and O–H groups in total. The molecule has 0 aromatic carbocycles. The third-order valence-electron chi connectivity index (χ3n) is 0.556. The lowest BCUT2D eigenvalue weighted by Crippen LogP contribution is -1.68. The number of rotatable bonds is 2. The smallest absolute Gasteiger partial charge is 0.143 e. The first kappa shape index (κ1) is 7.08. The molecule has 0 unspecified atom stereocenters. The van der Waals surface area contributed by atoms with Crippen LogP contribution in [0.4, 0.5) is 0 Å². The average Bonchev–Trinajstić information content (AvgIpc) is 1.68. The molecule has 0 aromatic rings. The van der Waals surface area contributed by atoms with E-state index in [0.717, 1.165) is 0 Å². The molecule has 0 atom stereocenters. The molecule has 0 fully saturated rings. The van der Waals surface area contributed by atoms with Crippen LogP contribution in [0.25, 0.3) is 0 Å². The van der Waals surface area contributed by atoms with Gasteiger partial charge in [-0.25, -0.2) is 9.98 Å². The van der Waals surface area contributed by atoms with Crippen LogP contribution in [0.2, 0.25) is 0 Å². The van der Waals surface area contributed by atoms with Crippen molar-refractivity contribution in [3.05, 3.63) is 12.4 Å². The first-order valence-corrected chi connectivity index (χ1v) is 2.47. The van der Waals surface area contributed by atoms with E-state index < -0.39 is 0 Å². The standard InChI is InChI=1S/C6H10N2/c1-4-7-6(3)8-5-2/h4-5H,3H2,1-2H3/b7-4-,8-5-. The minimum atomic E-state index is 0.551. The van der Waals surface area contributed by atoms with Crippen molar-refractivity contribution in [2.45, 2.75) is 13.8 Å². The summed E-state index contributed by atoms with van der Waals surface area (Å²) >= 11 is 0. The van der Waals surface area contributed by atoms with Crippen molar-refractivity contribution in [3.63, 3.8) is 0 Å². The lowest BCUT2D eigenvalue weighted by molar-refractivity contribution is 1.27. The Labute approximate surface area is 49.7 Å². The molecule has 0 aromatic heterocycles. The predicted octanol–water partition coefficient (Wildman–Crippen LogP) is 1.64. The fourth-order valence-electron chi connectivity index (χ4n) is 0.331. The van der Waals surface area contributed by atoms with E-state index in [1.807, 2.05) is 13.8 Å². The Morgan fingerprint density at radius 3 is 1.88 bits per heavy atom. The molecular formula is C6H10N2. The van der Waals surface area contributed by atoms with Gasteiger partial charge in [0, 0.05) is 12.4 Å². The molecule has 0 aliphatic heterocycles. The minimum Gasteiger partial charge on any atom is -0.243 e. The Morgan fingerprint density at radius 2 is 1.62 bits per heavy atom. The molecule has 2 heteroatoms. The molecule has 44 valence electrons. The van der Waals surface area contributed by atoms with E-state index in [2.05, 4.69) is 16.6 Å². The van der Waals surface area contributed by atoms with Crippen molar-refractivity contribution < 1.29 is 0 Å².